The molecule has 0 saturated heterocycles. The number of halogens is 3. The van der Waals surface area contributed by atoms with Gasteiger partial charge in [0.25, 0.3) is 0 Å². The average Bonchev–Trinajstić information content (AvgIpc) is 3.09. The first-order valence-electron chi connectivity index (χ1n) is 7.74. The second-order valence-electron chi connectivity index (χ2n) is 6.19. The van der Waals surface area contributed by atoms with Crippen LogP contribution in [-0.4, -0.2) is 28.8 Å². The number of aromatic nitrogens is 1. The van der Waals surface area contributed by atoms with E-state index < -0.39 is 29.1 Å². The number of hydrogen-bond acceptors (Lipinski definition) is 6. The maximum Gasteiger partial charge on any atom is 0.417 e. The van der Waals surface area contributed by atoms with Crippen molar-refractivity contribution in [3.63, 3.8) is 0 Å². The highest BCUT2D eigenvalue weighted by Crippen LogP contribution is 2.45. The molecule has 0 unspecified atom stereocenters. The Kier molecular flexibility index (Phi) is 4.43. The van der Waals surface area contributed by atoms with Crippen LogP contribution in [0.25, 0.3) is 0 Å². The molecule has 2 N–H and O–H groups in total. The molecular weight excluding hydrogens is 379 g/mol. The molecular formula is C17H14F3N5OS. The Labute approximate surface area is 156 Å². The lowest BCUT2D eigenvalue weighted by Crippen LogP contribution is -2.52. The van der Waals surface area contributed by atoms with Gasteiger partial charge in [0.2, 0.25) is 5.91 Å². The lowest BCUT2D eigenvalue weighted by molar-refractivity contribution is -0.137. The summed E-state index contributed by atoms with van der Waals surface area (Å²) in [6.07, 6.45) is -3.83. The summed E-state index contributed by atoms with van der Waals surface area (Å²) in [5, 5.41) is 9.07. The molecule has 0 aromatic carbocycles. The normalized spacial score (nSPS) is 23.1. The minimum absolute atomic E-state index is 0.0161. The van der Waals surface area contributed by atoms with E-state index in [1.165, 1.54) is 13.1 Å². The summed E-state index contributed by atoms with van der Waals surface area (Å²) >= 11 is 1.15. The van der Waals surface area contributed by atoms with Gasteiger partial charge in [-0.2, -0.15) is 18.4 Å². The van der Waals surface area contributed by atoms with Crippen molar-refractivity contribution in [2.75, 3.05) is 7.05 Å². The maximum absolute atomic E-state index is 12.9. The lowest BCUT2D eigenvalue weighted by Gasteiger charge is -2.39. The Morgan fingerprint density at radius 2 is 2.04 bits per heavy atom. The van der Waals surface area contributed by atoms with Gasteiger partial charge >= 0.3 is 6.18 Å². The van der Waals surface area contributed by atoms with Crippen LogP contribution in [0.4, 0.5) is 13.2 Å². The number of carbonyl (C=O) groups excluding carboxylic acids is 1. The quantitative estimate of drug-likeness (QED) is 0.849. The fourth-order valence-corrected chi connectivity index (χ4v) is 3.87. The van der Waals surface area contributed by atoms with E-state index in [4.69, 9.17) is 11.0 Å². The molecule has 1 amide bonds. The predicted molar refractivity (Wildman–Crippen MR) is 92.8 cm³/mol. The molecule has 27 heavy (non-hydrogen) atoms. The highest BCUT2D eigenvalue weighted by molar-refractivity contribution is 7.12. The van der Waals surface area contributed by atoms with Crippen molar-refractivity contribution in [2.24, 2.45) is 10.7 Å². The number of nitrogens with two attached hydrogens (primary N) is 1. The first kappa shape index (κ1) is 18.8. The number of likely N-dealkylation sites (N-methyl/N-ethyl adjacent to an activating group) is 1. The zero-order valence-electron chi connectivity index (χ0n) is 14.3. The molecule has 1 aliphatic rings. The van der Waals surface area contributed by atoms with Gasteiger partial charge in [0.1, 0.15) is 22.4 Å². The van der Waals surface area contributed by atoms with Gasteiger partial charge in [0, 0.05) is 18.1 Å². The summed E-state index contributed by atoms with van der Waals surface area (Å²) in [6.45, 7) is 1.65. The van der Waals surface area contributed by atoms with Crippen molar-refractivity contribution in [3.05, 3.63) is 51.5 Å². The molecule has 10 heteroatoms. The molecule has 1 aliphatic heterocycles. The third-order valence-electron chi connectivity index (χ3n) is 4.45. The van der Waals surface area contributed by atoms with Gasteiger partial charge < -0.3 is 5.73 Å². The Balaban J connectivity index is 2.15. The molecule has 3 heterocycles. The van der Waals surface area contributed by atoms with Crippen LogP contribution in [0.1, 0.15) is 33.9 Å². The molecule has 2 atom stereocenters. The molecule has 0 fully saturated rings. The molecule has 0 bridgehead atoms. The van der Waals surface area contributed by atoms with E-state index in [2.05, 4.69) is 9.98 Å². The highest BCUT2D eigenvalue weighted by atomic mass is 32.1. The molecule has 140 valence electrons. The molecule has 0 aliphatic carbocycles. The van der Waals surface area contributed by atoms with E-state index in [1.54, 1.807) is 19.1 Å². The monoisotopic (exact) mass is 393 g/mol. The summed E-state index contributed by atoms with van der Waals surface area (Å²) < 4.78 is 38.5. The molecule has 0 spiro atoms. The predicted octanol–water partition coefficient (Wildman–Crippen LogP) is 2.82. The number of rotatable bonds is 2. The Hall–Kier alpha value is -2.93. The smallest absolute Gasteiger partial charge is 0.369 e. The van der Waals surface area contributed by atoms with Crippen LogP contribution < -0.4 is 5.73 Å². The fraction of sp³-hybridized carbons (Fsp3) is 0.294. The molecule has 2 aromatic rings. The lowest BCUT2D eigenvalue weighted by atomic mass is 9.80. The van der Waals surface area contributed by atoms with Crippen LogP contribution in [-0.2, 0) is 16.5 Å². The zero-order chi connectivity index (χ0) is 20.0. The van der Waals surface area contributed by atoms with Gasteiger partial charge in [-0.3, -0.25) is 14.7 Å². The van der Waals surface area contributed by atoms with E-state index in [-0.39, 0.29) is 11.7 Å². The number of nitriles is 1. The molecule has 0 saturated carbocycles. The van der Waals surface area contributed by atoms with Crippen molar-refractivity contribution < 1.29 is 18.0 Å². The van der Waals surface area contributed by atoms with Crippen molar-refractivity contribution >= 4 is 23.2 Å². The van der Waals surface area contributed by atoms with E-state index >= 15 is 0 Å². The zero-order valence-corrected chi connectivity index (χ0v) is 15.1. The van der Waals surface area contributed by atoms with E-state index in [9.17, 15) is 18.0 Å². The minimum atomic E-state index is -4.53. The van der Waals surface area contributed by atoms with Crippen molar-refractivity contribution in [1.29, 1.82) is 5.26 Å². The van der Waals surface area contributed by atoms with Crippen molar-refractivity contribution in [1.82, 2.24) is 9.88 Å². The third-order valence-corrected chi connectivity index (χ3v) is 5.67. The SMILES string of the molecule is CN1C(=O)[C@H](c2ccc(C(F)(F)F)cn2)[C@@](C)(c2ccc(C#N)s2)N=C1N. The van der Waals surface area contributed by atoms with Crippen LogP contribution in [0.3, 0.4) is 0 Å². The Morgan fingerprint density at radius 1 is 1.33 bits per heavy atom. The summed E-state index contributed by atoms with van der Waals surface area (Å²) in [5.41, 5.74) is 3.91. The van der Waals surface area contributed by atoms with Crippen LogP contribution >= 0.6 is 11.3 Å². The van der Waals surface area contributed by atoms with Gasteiger partial charge in [-0.1, -0.05) is 0 Å². The van der Waals surface area contributed by atoms with Gasteiger partial charge in [-0.05, 0) is 31.2 Å². The Bertz CT molecular complexity index is 960. The standard InChI is InChI=1S/C17H14F3N5OS/c1-16(12-6-4-10(7-21)27-12)13(14(26)25(2)15(22)24-16)11-5-3-9(8-23-11)17(18,19)20/h3-6,8,13H,1-2H3,(H2,22,24)/t13-,16+/m0/s1. The number of alkyl halides is 3. The number of amides is 1. The topological polar surface area (TPSA) is 95.4 Å². The van der Waals surface area contributed by atoms with Crippen molar-refractivity contribution in [2.45, 2.75) is 24.6 Å². The van der Waals surface area contributed by atoms with E-state index in [1.807, 2.05) is 6.07 Å². The first-order valence-corrected chi connectivity index (χ1v) is 8.56. The number of aliphatic imine (C=N–C) groups is 1. The highest BCUT2D eigenvalue weighted by Gasteiger charge is 2.49. The van der Waals surface area contributed by atoms with Crippen LogP contribution in [0.5, 0.6) is 0 Å². The summed E-state index contributed by atoms with van der Waals surface area (Å²) in [5.74, 6) is -1.44. The molecule has 3 rings (SSSR count). The number of guanidine groups is 1. The largest absolute Gasteiger partial charge is 0.417 e. The van der Waals surface area contributed by atoms with Crippen molar-refractivity contribution in [3.8, 4) is 6.07 Å². The van der Waals surface area contributed by atoms with E-state index in [0.717, 1.165) is 22.3 Å². The van der Waals surface area contributed by atoms with Gasteiger partial charge in [0.15, 0.2) is 5.96 Å². The number of pyridine rings is 1. The minimum Gasteiger partial charge on any atom is -0.369 e. The number of hydrogen-bond donors (Lipinski definition) is 1. The van der Waals surface area contributed by atoms with Gasteiger partial charge in [-0.25, -0.2) is 4.99 Å². The molecule has 0 radical (unpaired) electrons. The summed E-state index contributed by atoms with van der Waals surface area (Å²) in [7, 11) is 1.44. The van der Waals surface area contributed by atoms with Gasteiger partial charge in [0.05, 0.1) is 11.3 Å². The second-order valence-corrected chi connectivity index (χ2v) is 7.28. The summed E-state index contributed by atoms with van der Waals surface area (Å²) in [6, 6.07) is 7.33. The first-order chi connectivity index (χ1) is 12.6. The third kappa shape index (κ3) is 3.14. The molecule has 2 aromatic heterocycles. The van der Waals surface area contributed by atoms with Crippen LogP contribution in [0.2, 0.25) is 0 Å². The number of carbonyl (C=O) groups is 1. The van der Waals surface area contributed by atoms with Crippen LogP contribution in [0.15, 0.2) is 35.5 Å². The number of thiophene rings is 1. The Morgan fingerprint density at radius 3 is 2.56 bits per heavy atom. The average molecular weight is 393 g/mol. The van der Waals surface area contributed by atoms with Crippen LogP contribution in [0, 0.1) is 11.3 Å². The second kappa shape index (κ2) is 6.35. The van der Waals surface area contributed by atoms with Gasteiger partial charge in [-0.15, -0.1) is 11.3 Å². The fourth-order valence-electron chi connectivity index (χ4n) is 2.95. The maximum atomic E-state index is 12.9. The summed E-state index contributed by atoms with van der Waals surface area (Å²) in [4.78, 5) is 23.4. The van der Waals surface area contributed by atoms with E-state index in [0.29, 0.717) is 16.0 Å². The number of nitrogens with zero attached hydrogens (tertiary/aromatic N) is 4. The molecule has 6 nitrogen and oxygen atoms in total.